The summed E-state index contributed by atoms with van der Waals surface area (Å²) in [6.07, 6.45) is 0. The molecule has 4 rings (SSSR count). The van der Waals surface area contributed by atoms with Crippen LogP contribution in [-0.4, -0.2) is 18.1 Å². The molecule has 1 aliphatic heterocycles. The minimum absolute atomic E-state index is 0.190. The summed E-state index contributed by atoms with van der Waals surface area (Å²) in [5.74, 6) is 0.508. The molecule has 0 fully saturated rings. The highest BCUT2D eigenvalue weighted by molar-refractivity contribution is 7.80. The van der Waals surface area contributed by atoms with Crippen LogP contribution >= 0.6 is 12.2 Å². The van der Waals surface area contributed by atoms with E-state index in [1.54, 1.807) is 7.11 Å². The van der Waals surface area contributed by atoms with Crippen LogP contribution in [0.3, 0.4) is 0 Å². The van der Waals surface area contributed by atoms with E-state index in [-0.39, 0.29) is 5.91 Å². The molecule has 0 unspecified atom stereocenters. The Kier molecular flexibility index (Phi) is 5.42. The number of fused-ring (bicyclic) bond motifs is 1. The number of hydrogen-bond acceptors (Lipinski definition) is 3. The largest absolute Gasteiger partial charge is 0.496 e. The summed E-state index contributed by atoms with van der Waals surface area (Å²) in [7, 11) is 1.64. The standard InChI is InChI=1S/C24H23N3O2S/c1-14-8-4-7-11-18(14)26-23(28)20-15(2)25-24(30)27-22(20)21-17-10-6-5-9-16(17)12-13-19(21)29-3/h4-13,22H,1-3H3,(H,26,28)(H2,25,27,30)/t22-/m0/s1. The summed E-state index contributed by atoms with van der Waals surface area (Å²) in [5, 5.41) is 12.0. The Morgan fingerprint density at radius 1 is 1.03 bits per heavy atom. The zero-order chi connectivity index (χ0) is 21.3. The van der Waals surface area contributed by atoms with Gasteiger partial charge in [0.15, 0.2) is 5.11 Å². The second-order valence-corrected chi connectivity index (χ2v) is 7.65. The van der Waals surface area contributed by atoms with E-state index in [1.807, 2.05) is 74.5 Å². The molecule has 3 aromatic rings. The normalized spacial score (nSPS) is 16.1. The van der Waals surface area contributed by atoms with Crippen LogP contribution < -0.4 is 20.7 Å². The zero-order valence-electron chi connectivity index (χ0n) is 17.1. The zero-order valence-corrected chi connectivity index (χ0v) is 17.9. The van der Waals surface area contributed by atoms with E-state index in [9.17, 15) is 4.79 Å². The van der Waals surface area contributed by atoms with Gasteiger partial charge in [-0.15, -0.1) is 0 Å². The number of benzene rings is 3. The topological polar surface area (TPSA) is 62.4 Å². The summed E-state index contributed by atoms with van der Waals surface area (Å²) in [4.78, 5) is 13.4. The number of nitrogens with one attached hydrogen (secondary N) is 3. The Hall–Kier alpha value is -3.38. The number of thiocarbonyl (C=S) groups is 1. The molecule has 0 radical (unpaired) electrons. The van der Waals surface area contributed by atoms with Crippen molar-refractivity contribution in [2.24, 2.45) is 0 Å². The lowest BCUT2D eigenvalue weighted by atomic mass is 9.90. The number of ether oxygens (including phenoxy) is 1. The number of carbonyl (C=O) groups is 1. The van der Waals surface area contributed by atoms with Crippen LogP contribution in [0.2, 0.25) is 0 Å². The lowest BCUT2D eigenvalue weighted by Crippen LogP contribution is -2.46. The van der Waals surface area contributed by atoms with Gasteiger partial charge in [-0.2, -0.15) is 0 Å². The van der Waals surface area contributed by atoms with Crippen LogP contribution in [0.5, 0.6) is 5.75 Å². The number of rotatable bonds is 4. The molecule has 3 N–H and O–H groups in total. The highest BCUT2D eigenvalue weighted by atomic mass is 32.1. The molecule has 1 amide bonds. The molecular formula is C24H23N3O2S. The Labute approximate surface area is 181 Å². The molecule has 0 saturated carbocycles. The second-order valence-electron chi connectivity index (χ2n) is 7.24. The first kappa shape index (κ1) is 19.9. The van der Waals surface area contributed by atoms with Crippen molar-refractivity contribution in [2.75, 3.05) is 12.4 Å². The first-order valence-electron chi connectivity index (χ1n) is 9.70. The van der Waals surface area contributed by atoms with Crippen molar-refractivity contribution in [3.63, 3.8) is 0 Å². The lowest BCUT2D eigenvalue weighted by molar-refractivity contribution is -0.113. The SMILES string of the molecule is COc1ccc2ccccc2c1[C@H]1NC(=S)NC(C)=C1C(=O)Nc1ccccc1C. The van der Waals surface area contributed by atoms with Gasteiger partial charge in [0.05, 0.1) is 18.7 Å². The van der Waals surface area contributed by atoms with E-state index in [4.69, 9.17) is 17.0 Å². The quantitative estimate of drug-likeness (QED) is 0.542. The Morgan fingerprint density at radius 3 is 2.53 bits per heavy atom. The van der Waals surface area contributed by atoms with Crippen LogP contribution in [0.1, 0.15) is 24.1 Å². The van der Waals surface area contributed by atoms with Gasteiger partial charge in [-0.05, 0) is 54.5 Å². The van der Waals surface area contributed by atoms with Gasteiger partial charge in [0.2, 0.25) is 0 Å². The van der Waals surface area contributed by atoms with E-state index < -0.39 is 6.04 Å². The van der Waals surface area contributed by atoms with Crippen molar-refractivity contribution in [3.8, 4) is 5.75 Å². The van der Waals surface area contributed by atoms with E-state index in [1.165, 1.54) is 0 Å². The van der Waals surface area contributed by atoms with Gasteiger partial charge in [-0.1, -0.05) is 48.5 Å². The first-order valence-corrected chi connectivity index (χ1v) is 10.1. The third-order valence-corrected chi connectivity index (χ3v) is 5.57. The summed E-state index contributed by atoms with van der Waals surface area (Å²) in [6, 6.07) is 19.2. The van der Waals surface area contributed by atoms with Gasteiger partial charge < -0.3 is 20.7 Å². The van der Waals surface area contributed by atoms with E-state index in [0.717, 1.165) is 27.6 Å². The number of anilines is 1. The van der Waals surface area contributed by atoms with Crippen molar-refractivity contribution in [1.82, 2.24) is 10.6 Å². The van der Waals surface area contributed by atoms with Crippen molar-refractivity contribution in [2.45, 2.75) is 19.9 Å². The average Bonchev–Trinajstić information content (AvgIpc) is 2.73. The number of methoxy groups -OCH3 is 1. The molecule has 0 bridgehead atoms. The monoisotopic (exact) mass is 417 g/mol. The number of para-hydroxylation sites is 1. The average molecular weight is 418 g/mol. The number of allylic oxidation sites excluding steroid dienone is 1. The summed E-state index contributed by atoms with van der Waals surface area (Å²) in [6.45, 7) is 3.83. The van der Waals surface area contributed by atoms with Crippen molar-refractivity contribution < 1.29 is 9.53 Å². The molecule has 0 aliphatic carbocycles. The first-order chi connectivity index (χ1) is 14.5. The third kappa shape index (κ3) is 3.62. The Balaban J connectivity index is 1.85. The fourth-order valence-corrected chi connectivity index (χ4v) is 4.14. The summed E-state index contributed by atoms with van der Waals surface area (Å²) >= 11 is 5.42. The maximum absolute atomic E-state index is 13.4. The Bertz CT molecular complexity index is 1190. The van der Waals surface area contributed by atoms with Gasteiger partial charge in [0.25, 0.3) is 5.91 Å². The van der Waals surface area contributed by atoms with Crippen LogP contribution in [0.25, 0.3) is 10.8 Å². The van der Waals surface area contributed by atoms with Crippen LogP contribution in [0.15, 0.2) is 71.9 Å². The fraction of sp³-hybridized carbons (Fsp3) is 0.167. The van der Waals surface area contributed by atoms with Gasteiger partial charge >= 0.3 is 0 Å². The van der Waals surface area contributed by atoms with E-state index in [2.05, 4.69) is 16.0 Å². The van der Waals surface area contributed by atoms with Crippen molar-refractivity contribution in [3.05, 3.63) is 83.1 Å². The van der Waals surface area contributed by atoms with Gasteiger partial charge in [-0.25, -0.2) is 0 Å². The minimum atomic E-state index is -0.455. The molecule has 1 aliphatic rings. The highest BCUT2D eigenvalue weighted by Crippen LogP contribution is 2.38. The van der Waals surface area contributed by atoms with Gasteiger partial charge in [0.1, 0.15) is 5.75 Å². The smallest absolute Gasteiger partial charge is 0.255 e. The second kappa shape index (κ2) is 8.16. The number of amides is 1. The predicted octanol–water partition coefficient (Wildman–Crippen LogP) is 4.59. The highest BCUT2D eigenvalue weighted by Gasteiger charge is 2.33. The van der Waals surface area contributed by atoms with E-state index >= 15 is 0 Å². The van der Waals surface area contributed by atoms with Crippen LogP contribution in [0, 0.1) is 6.92 Å². The molecule has 30 heavy (non-hydrogen) atoms. The Morgan fingerprint density at radius 2 is 1.77 bits per heavy atom. The summed E-state index contributed by atoms with van der Waals surface area (Å²) in [5.41, 5.74) is 3.94. The maximum atomic E-state index is 13.4. The predicted molar refractivity (Wildman–Crippen MR) is 125 cm³/mol. The van der Waals surface area contributed by atoms with E-state index in [0.29, 0.717) is 22.1 Å². The molecule has 5 nitrogen and oxygen atoms in total. The fourth-order valence-electron chi connectivity index (χ4n) is 3.87. The minimum Gasteiger partial charge on any atom is -0.496 e. The van der Waals surface area contributed by atoms with Crippen molar-refractivity contribution in [1.29, 1.82) is 0 Å². The number of aryl methyl sites for hydroxylation is 1. The van der Waals surface area contributed by atoms with Crippen molar-refractivity contribution >= 4 is 39.7 Å². The molecule has 0 spiro atoms. The molecule has 0 aromatic heterocycles. The molecule has 6 heteroatoms. The third-order valence-electron chi connectivity index (χ3n) is 5.35. The maximum Gasteiger partial charge on any atom is 0.255 e. The van der Waals surface area contributed by atoms with Gasteiger partial charge in [-0.3, -0.25) is 4.79 Å². The molecule has 0 saturated heterocycles. The molecule has 1 atom stereocenters. The lowest BCUT2D eigenvalue weighted by Gasteiger charge is -2.32. The number of hydrogen-bond donors (Lipinski definition) is 3. The summed E-state index contributed by atoms with van der Waals surface area (Å²) < 4.78 is 5.68. The van der Waals surface area contributed by atoms with Gasteiger partial charge in [0, 0.05) is 16.9 Å². The molecule has 152 valence electrons. The molecule has 3 aromatic carbocycles. The molecule has 1 heterocycles. The number of carbonyl (C=O) groups excluding carboxylic acids is 1. The van der Waals surface area contributed by atoms with Crippen LogP contribution in [-0.2, 0) is 4.79 Å². The molecular weight excluding hydrogens is 394 g/mol. The van der Waals surface area contributed by atoms with Crippen LogP contribution in [0.4, 0.5) is 5.69 Å².